The van der Waals surface area contributed by atoms with Gasteiger partial charge in [0.05, 0.1) is 0 Å². The molecular weight excluding hydrogens is 828 g/mol. The number of aryl methyl sites for hydroxylation is 2. The summed E-state index contributed by atoms with van der Waals surface area (Å²) in [6.07, 6.45) is 4.81. The molecule has 0 bridgehead atoms. The Bertz CT molecular complexity index is 2400. The summed E-state index contributed by atoms with van der Waals surface area (Å²) in [6, 6.07) is 48.1. The maximum atomic E-state index is 6.51. The zero-order chi connectivity index (χ0) is 35.8. The molecular formula is C47H39BIrN2O2-2. The molecule has 2 aliphatic rings. The number of pyridine rings is 2. The molecule has 0 saturated carbocycles. The van der Waals surface area contributed by atoms with Crippen LogP contribution in [-0.4, -0.2) is 16.7 Å². The van der Waals surface area contributed by atoms with E-state index in [9.17, 15) is 0 Å². The molecule has 0 atom stereocenters. The number of ether oxygens (including phenoxy) is 2. The molecule has 53 heavy (non-hydrogen) atoms. The van der Waals surface area contributed by atoms with E-state index < -0.39 is 0 Å². The Morgan fingerprint density at radius 1 is 0.698 bits per heavy atom. The van der Waals surface area contributed by atoms with Crippen molar-refractivity contribution in [3.63, 3.8) is 0 Å². The Morgan fingerprint density at radius 3 is 2.23 bits per heavy atom. The van der Waals surface area contributed by atoms with E-state index in [1.54, 1.807) is 0 Å². The Kier molecular flexibility index (Phi) is 10.2. The first-order chi connectivity index (χ1) is 25.2. The molecule has 6 heteroatoms. The van der Waals surface area contributed by atoms with Crippen molar-refractivity contribution in [2.45, 2.75) is 41.0 Å². The summed E-state index contributed by atoms with van der Waals surface area (Å²) >= 11 is 0. The van der Waals surface area contributed by atoms with E-state index in [-0.39, 0.29) is 32.2 Å². The average molecular weight is 867 g/mol. The summed E-state index contributed by atoms with van der Waals surface area (Å²) in [4.78, 5) is 9.23. The van der Waals surface area contributed by atoms with Gasteiger partial charge in [-0.2, -0.15) is 0 Å². The molecule has 4 heterocycles. The third-order valence-corrected chi connectivity index (χ3v) is 9.51. The monoisotopic (exact) mass is 867 g/mol. The second-order valence-corrected chi connectivity index (χ2v) is 14.8. The average Bonchev–Trinajstić information content (AvgIpc) is 3.15. The van der Waals surface area contributed by atoms with Crippen molar-refractivity contribution in [3.05, 3.63) is 163 Å². The van der Waals surface area contributed by atoms with Gasteiger partial charge < -0.3 is 19.4 Å². The van der Waals surface area contributed by atoms with E-state index in [1.807, 2.05) is 60.9 Å². The van der Waals surface area contributed by atoms with Crippen LogP contribution in [0.25, 0.3) is 33.6 Å². The van der Waals surface area contributed by atoms with Crippen molar-refractivity contribution in [2.24, 2.45) is 5.41 Å². The Morgan fingerprint density at radius 2 is 1.45 bits per heavy atom. The number of nitrogens with zero attached hydrogens (tertiary/aromatic N) is 2. The fourth-order valence-corrected chi connectivity index (χ4v) is 7.13. The van der Waals surface area contributed by atoms with Crippen LogP contribution >= 0.6 is 0 Å². The number of fused-ring (bicyclic) bond motifs is 4. The minimum absolute atomic E-state index is 0. The van der Waals surface area contributed by atoms with E-state index in [2.05, 4.69) is 125 Å². The van der Waals surface area contributed by atoms with E-state index in [0.29, 0.717) is 0 Å². The van der Waals surface area contributed by atoms with Gasteiger partial charge in [0, 0.05) is 43.7 Å². The molecule has 263 valence electrons. The molecule has 7 aromatic rings. The summed E-state index contributed by atoms with van der Waals surface area (Å²) in [7, 11) is 0. The van der Waals surface area contributed by atoms with Crippen molar-refractivity contribution in [1.82, 2.24) is 9.97 Å². The maximum absolute atomic E-state index is 6.51. The Balaban J connectivity index is 0.000000179. The normalized spacial score (nSPS) is 12.1. The van der Waals surface area contributed by atoms with E-state index in [0.717, 1.165) is 68.3 Å². The van der Waals surface area contributed by atoms with Crippen LogP contribution < -0.4 is 25.9 Å². The first kappa shape index (κ1) is 36.1. The SMILES string of the molecule is CC(C)(C)Cc1ccnc(-c2[c-]ccc3c2Oc2cccc4c2B3c2ccccc2O4)c1.Cc1c[c-]c(-c2cc(-c3ccccc3)c(C)cn2)cc1.[Ir]. The molecule has 9 rings (SSSR count). The Hall–Kier alpha value is -5.29. The summed E-state index contributed by atoms with van der Waals surface area (Å²) in [6.45, 7) is 11.0. The number of rotatable bonds is 4. The molecule has 2 aliphatic heterocycles. The van der Waals surface area contributed by atoms with Crippen LogP contribution in [0.4, 0.5) is 0 Å². The van der Waals surface area contributed by atoms with Gasteiger partial charge in [0.15, 0.2) is 0 Å². The molecule has 2 aromatic heterocycles. The second-order valence-electron chi connectivity index (χ2n) is 14.8. The quantitative estimate of drug-likeness (QED) is 0.131. The van der Waals surface area contributed by atoms with Gasteiger partial charge in [-0.1, -0.05) is 106 Å². The molecule has 0 fully saturated rings. The summed E-state index contributed by atoms with van der Waals surface area (Å²) < 4.78 is 12.7. The first-order valence-electron chi connectivity index (χ1n) is 17.8. The van der Waals surface area contributed by atoms with Crippen LogP contribution in [0, 0.1) is 31.4 Å². The van der Waals surface area contributed by atoms with E-state index >= 15 is 0 Å². The van der Waals surface area contributed by atoms with Crippen molar-refractivity contribution in [2.75, 3.05) is 0 Å². The third kappa shape index (κ3) is 7.48. The zero-order valence-electron chi connectivity index (χ0n) is 30.5. The van der Waals surface area contributed by atoms with E-state index in [1.165, 1.54) is 27.8 Å². The molecule has 0 amide bonds. The predicted octanol–water partition coefficient (Wildman–Crippen LogP) is 9.70. The Labute approximate surface area is 326 Å². The molecule has 5 aromatic carbocycles. The molecule has 0 saturated heterocycles. The van der Waals surface area contributed by atoms with Crippen LogP contribution in [0.1, 0.15) is 37.5 Å². The molecule has 0 N–H and O–H groups in total. The van der Waals surface area contributed by atoms with Gasteiger partial charge in [-0.3, -0.25) is 0 Å². The molecule has 4 nitrogen and oxygen atoms in total. The maximum Gasteiger partial charge on any atom is 0.241 e. The van der Waals surface area contributed by atoms with Crippen LogP contribution in [0.5, 0.6) is 23.0 Å². The number of para-hydroxylation sites is 1. The minimum atomic E-state index is 0. The number of hydrogen-bond donors (Lipinski definition) is 0. The second kappa shape index (κ2) is 15.0. The third-order valence-electron chi connectivity index (χ3n) is 9.51. The standard InChI is InChI=1S/C28H23BNO2.C19H16N.Ir/c1-28(2,3)17-18-14-15-30-22(16-18)19-8-6-10-21-27(19)32-25-13-7-12-24-26(25)29(21)20-9-4-5-11-23(20)31-24;1-14-8-10-17(11-9-14)19-12-18(15(2)13-20-19)16-6-4-3-5-7-16;/h4-7,9-16H,17H2,1-3H3;3-10,12-13H,1-2H3;/q2*-1;. The van der Waals surface area contributed by atoms with Gasteiger partial charge >= 0.3 is 0 Å². The molecule has 0 unspecified atom stereocenters. The number of hydrogen-bond acceptors (Lipinski definition) is 4. The first-order valence-corrected chi connectivity index (χ1v) is 17.8. The molecule has 1 radical (unpaired) electrons. The van der Waals surface area contributed by atoms with Gasteiger partial charge in [-0.25, -0.2) is 0 Å². The predicted molar refractivity (Wildman–Crippen MR) is 213 cm³/mol. The zero-order valence-corrected chi connectivity index (χ0v) is 32.9. The molecule has 0 aliphatic carbocycles. The van der Waals surface area contributed by atoms with Gasteiger partial charge in [0.1, 0.15) is 17.2 Å². The van der Waals surface area contributed by atoms with Gasteiger partial charge in [0.2, 0.25) is 6.71 Å². The topological polar surface area (TPSA) is 44.2 Å². The van der Waals surface area contributed by atoms with Crippen LogP contribution in [0.3, 0.4) is 0 Å². The van der Waals surface area contributed by atoms with E-state index in [4.69, 9.17) is 14.5 Å². The van der Waals surface area contributed by atoms with Gasteiger partial charge in [0.25, 0.3) is 0 Å². The van der Waals surface area contributed by atoms with Crippen molar-refractivity contribution >= 4 is 23.1 Å². The van der Waals surface area contributed by atoms with Crippen molar-refractivity contribution in [1.29, 1.82) is 0 Å². The number of aromatic nitrogens is 2. The number of benzene rings is 5. The van der Waals surface area contributed by atoms with Crippen molar-refractivity contribution < 1.29 is 29.6 Å². The molecule has 0 spiro atoms. The van der Waals surface area contributed by atoms with Crippen LogP contribution in [0.15, 0.2) is 134 Å². The van der Waals surface area contributed by atoms with Crippen LogP contribution in [0.2, 0.25) is 0 Å². The minimum Gasteiger partial charge on any atom is -0.503 e. The fourth-order valence-electron chi connectivity index (χ4n) is 7.13. The largest absolute Gasteiger partial charge is 0.503 e. The van der Waals surface area contributed by atoms with Gasteiger partial charge in [-0.15, -0.1) is 59.1 Å². The fraction of sp³-hybridized carbons (Fsp3) is 0.149. The smallest absolute Gasteiger partial charge is 0.241 e. The van der Waals surface area contributed by atoms with Crippen molar-refractivity contribution in [3.8, 4) is 56.6 Å². The van der Waals surface area contributed by atoms with Crippen LogP contribution in [-0.2, 0) is 26.5 Å². The van der Waals surface area contributed by atoms with Gasteiger partial charge in [-0.05, 0) is 76.6 Å². The summed E-state index contributed by atoms with van der Waals surface area (Å²) in [5.74, 6) is 3.42. The summed E-state index contributed by atoms with van der Waals surface area (Å²) in [5.41, 5.74) is 13.5. The summed E-state index contributed by atoms with van der Waals surface area (Å²) in [5, 5.41) is 0.